The highest BCUT2D eigenvalue weighted by Crippen LogP contribution is 2.28. The first-order chi connectivity index (χ1) is 12.5. The van der Waals surface area contributed by atoms with Crippen LogP contribution >= 0.6 is 0 Å². The lowest BCUT2D eigenvalue weighted by molar-refractivity contribution is -0.117. The molecule has 8 nitrogen and oxygen atoms in total. The molecule has 134 valence electrons. The molecule has 1 N–H and O–H groups in total. The number of aromatic nitrogens is 4. The van der Waals surface area contributed by atoms with Crippen molar-refractivity contribution in [1.82, 2.24) is 19.6 Å². The average molecular weight is 357 g/mol. The molecule has 0 aliphatic heterocycles. The first-order valence-electron chi connectivity index (χ1n) is 7.67. The van der Waals surface area contributed by atoms with Gasteiger partial charge in [-0.3, -0.25) is 14.3 Å². The van der Waals surface area contributed by atoms with E-state index in [-0.39, 0.29) is 12.3 Å². The van der Waals surface area contributed by atoms with Crippen LogP contribution in [0.2, 0.25) is 0 Å². The standard InChI is InChI=1S/C17H16FN5O3/c1-22-9-12(8-19-22)20-16(24)10-23-17(25)6-5-14(21-23)13-4-3-11(18)7-15(13)26-2/h3-9H,10H2,1-2H3,(H,20,24). The van der Waals surface area contributed by atoms with E-state index in [0.29, 0.717) is 16.9 Å². The molecule has 1 amide bonds. The molecule has 2 aromatic heterocycles. The minimum atomic E-state index is -0.449. The van der Waals surface area contributed by atoms with Gasteiger partial charge in [0.25, 0.3) is 5.56 Å². The maximum atomic E-state index is 13.4. The van der Waals surface area contributed by atoms with Gasteiger partial charge in [-0.05, 0) is 18.2 Å². The third-order valence-corrected chi connectivity index (χ3v) is 3.59. The minimum absolute atomic E-state index is 0.273. The fourth-order valence-corrected chi connectivity index (χ4v) is 2.40. The van der Waals surface area contributed by atoms with E-state index in [1.165, 1.54) is 43.6 Å². The van der Waals surface area contributed by atoms with E-state index in [1.807, 2.05) is 0 Å². The number of nitrogens with zero attached hydrogens (tertiary/aromatic N) is 4. The number of benzene rings is 1. The van der Waals surface area contributed by atoms with E-state index in [1.54, 1.807) is 17.9 Å². The zero-order valence-corrected chi connectivity index (χ0v) is 14.1. The first-order valence-corrected chi connectivity index (χ1v) is 7.67. The van der Waals surface area contributed by atoms with Crippen molar-refractivity contribution >= 4 is 11.6 Å². The molecule has 0 fully saturated rings. The van der Waals surface area contributed by atoms with Crippen LogP contribution in [0, 0.1) is 5.82 Å². The number of halogens is 1. The third kappa shape index (κ3) is 3.77. The van der Waals surface area contributed by atoms with Gasteiger partial charge in [-0.2, -0.15) is 10.2 Å². The molecule has 9 heteroatoms. The van der Waals surface area contributed by atoms with Crippen LogP contribution in [0.3, 0.4) is 0 Å². The Balaban J connectivity index is 1.86. The number of anilines is 1. The summed E-state index contributed by atoms with van der Waals surface area (Å²) in [5.41, 5.74) is 0.976. The number of methoxy groups -OCH3 is 1. The van der Waals surface area contributed by atoms with Gasteiger partial charge in [0.1, 0.15) is 18.1 Å². The zero-order valence-electron chi connectivity index (χ0n) is 14.1. The van der Waals surface area contributed by atoms with Gasteiger partial charge in [0.05, 0.1) is 24.7 Å². The molecule has 0 saturated carbocycles. The molecule has 0 unspecified atom stereocenters. The van der Waals surface area contributed by atoms with Gasteiger partial charge >= 0.3 is 0 Å². The molecule has 3 aromatic rings. The van der Waals surface area contributed by atoms with Gasteiger partial charge in [-0.1, -0.05) is 0 Å². The second-order valence-electron chi connectivity index (χ2n) is 5.51. The van der Waals surface area contributed by atoms with Gasteiger partial charge in [0, 0.05) is 30.9 Å². The monoisotopic (exact) mass is 357 g/mol. The molecular weight excluding hydrogens is 341 g/mol. The number of amides is 1. The highest BCUT2D eigenvalue weighted by atomic mass is 19.1. The number of hydrogen-bond acceptors (Lipinski definition) is 5. The van der Waals surface area contributed by atoms with Crippen LogP contribution in [0.5, 0.6) is 5.75 Å². The molecule has 0 atom stereocenters. The Kier molecular flexibility index (Phi) is 4.78. The van der Waals surface area contributed by atoms with Crippen LogP contribution in [0.25, 0.3) is 11.3 Å². The summed E-state index contributed by atoms with van der Waals surface area (Å²) in [7, 11) is 3.14. The maximum Gasteiger partial charge on any atom is 0.267 e. The van der Waals surface area contributed by atoms with Crippen molar-refractivity contribution in [1.29, 1.82) is 0 Å². The quantitative estimate of drug-likeness (QED) is 0.746. The van der Waals surface area contributed by atoms with E-state index in [9.17, 15) is 14.0 Å². The lowest BCUT2D eigenvalue weighted by Crippen LogP contribution is -2.29. The van der Waals surface area contributed by atoms with Crippen molar-refractivity contribution in [3.05, 3.63) is 58.9 Å². The van der Waals surface area contributed by atoms with Gasteiger partial charge in [-0.25, -0.2) is 9.07 Å². The van der Waals surface area contributed by atoms with Crippen molar-refractivity contribution in [2.75, 3.05) is 12.4 Å². The molecule has 0 bridgehead atoms. The normalized spacial score (nSPS) is 10.6. The molecule has 0 radical (unpaired) electrons. The molecule has 3 rings (SSSR count). The van der Waals surface area contributed by atoms with Crippen LogP contribution in [0.1, 0.15) is 0 Å². The molecule has 0 aliphatic rings. The molecule has 0 spiro atoms. The Bertz CT molecular complexity index is 1010. The topological polar surface area (TPSA) is 91.0 Å². The third-order valence-electron chi connectivity index (χ3n) is 3.59. The smallest absolute Gasteiger partial charge is 0.267 e. The van der Waals surface area contributed by atoms with Crippen molar-refractivity contribution in [3.8, 4) is 17.0 Å². The van der Waals surface area contributed by atoms with Crippen molar-refractivity contribution in [2.45, 2.75) is 6.54 Å². The number of nitrogens with one attached hydrogen (secondary N) is 1. The fourth-order valence-electron chi connectivity index (χ4n) is 2.40. The van der Waals surface area contributed by atoms with E-state index in [0.717, 1.165) is 4.68 Å². The van der Waals surface area contributed by atoms with E-state index < -0.39 is 17.3 Å². The summed E-state index contributed by atoms with van der Waals surface area (Å²) in [5.74, 6) is -0.590. The summed E-state index contributed by atoms with van der Waals surface area (Å²) in [5, 5.41) is 10.8. The Morgan fingerprint density at radius 1 is 1.31 bits per heavy atom. The number of hydrogen-bond donors (Lipinski definition) is 1. The minimum Gasteiger partial charge on any atom is -0.496 e. The van der Waals surface area contributed by atoms with Crippen LogP contribution < -0.4 is 15.6 Å². The summed E-state index contributed by atoms with van der Waals surface area (Å²) in [4.78, 5) is 24.2. The highest BCUT2D eigenvalue weighted by molar-refractivity contribution is 5.90. The number of rotatable bonds is 5. The van der Waals surface area contributed by atoms with Gasteiger partial charge in [0.15, 0.2) is 0 Å². The van der Waals surface area contributed by atoms with Gasteiger partial charge in [-0.15, -0.1) is 0 Å². The molecule has 2 heterocycles. The lowest BCUT2D eigenvalue weighted by atomic mass is 10.1. The Hall–Kier alpha value is -3.49. The summed E-state index contributed by atoms with van der Waals surface area (Å²) in [6.07, 6.45) is 3.13. The lowest BCUT2D eigenvalue weighted by Gasteiger charge is -2.10. The zero-order chi connectivity index (χ0) is 18.7. The second kappa shape index (κ2) is 7.18. The second-order valence-corrected chi connectivity index (χ2v) is 5.51. The average Bonchev–Trinajstić information content (AvgIpc) is 3.01. The predicted molar refractivity (Wildman–Crippen MR) is 92.3 cm³/mol. The van der Waals surface area contributed by atoms with E-state index in [2.05, 4.69) is 15.5 Å². The number of aryl methyl sites for hydroxylation is 1. The van der Waals surface area contributed by atoms with Crippen LogP contribution in [0.4, 0.5) is 10.1 Å². The maximum absolute atomic E-state index is 13.4. The Morgan fingerprint density at radius 3 is 2.81 bits per heavy atom. The fraction of sp³-hybridized carbons (Fsp3) is 0.176. The number of carbonyl (C=O) groups is 1. The Labute approximate surface area is 147 Å². The molecule has 1 aromatic carbocycles. The molecular formula is C17H16FN5O3. The van der Waals surface area contributed by atoms with Crippen molar-refractivity contribution < 1.29 is 13.9 Å². The van der Waals surface area contributed by atoms with Gasteiger partial charge < -0.3 is 10.1 Å². The van der Waals surface area contributed by atoms with Crippen LogP contribution in [0.15, 0.2) is 47.5 Å². The van der Waals surface area contributed by atoms with Crippen LogP contribution in [-0.4, -0.2) is 32.6 Å². The van der Waals surface area contributed by atoms with Crippen LogP contribution in [-0.2, 0) is 18.4 Å². The summed E-state index contributed by atoms with van der Waals surface area (Å²) >= 11 is 0. The number of ether oxygens (including phenoxy) is 1. The Morgan fingerprint density at radius 2 is 2.12 bits per heavy atom. The van der Waals surface area contributed by atoms with Gasteiger partial charge in [0.2, 0.25) is 5.91 Å². The van der Waals surface area contributed by atoms with Crippen molar-refractivity contribution in [2.24, 2.45) is 7.05 Å². The van der Waals surface area contributed by atoms with Crippen molar-refractivity contribution in [3.63, 3.8) is 0 Å². The van der Waals surface area contributed by atoms with E-state index in [4.69, 9.17) is 4.74 Å². The number of carbonyl (C=O) groups excluding carboxylic acids is 1. The summed E-state index contributed by atoms with van der Waals surface area (Å²) in [6, 6.07) is 6.78. The summed E-state index contributed by atoms with van der Waals surface area (Å²) < 4.78 is 21.1. The SMILES string of the molecule is COc1cc(F)ccc1-c1ccc(=O)n(CC(=O)Nc2cnn(C)c2)n1. The first kappa shape index (κ1) is 17.3. The molecule has 26 heavy (non-hydrogen) atoms. The largest absolute Gasteiger partial charge is 0.496 e. The molecule has 0 saturated heterocycles. The highest BCUT2D eigenvalue weighted by Gasteiger charge is 2.12. The van der Waals surface area contributed by atoms with E-state index >= 15 is 0 Å². The molecule has 0 aliphatic carbocycles. The predicted octanol–water partition coefficient (Wildman–Crippen LogP) is 1.43. The summed E-state index contributed by atoms with van der Waals surface area (Å²) in [6.45, 7) is -0.273.